The number of nitrogens with zero attached hydrogens (tertiary/aromatic N) is 3. The summed E-state index contributed by atoms with van der Waals surface area (Å²) in [6.07, 6.45) is 3.43. The van der Waals surface area contributed by atoms with E-state index in [0.717, 1.165) is 22.1 Å². The SMILES string of the molecule is COCCn1ccc2cc(Oc3cnn(C)c(=O)c3Cl)ccc21. The largest absolute Gasteiger partial charge is 0.454 e. The monoisotopic (exact) mass is 333 g/mol. The third-order valence-corrected chi connectivity index (χ3v) is 3.90. The molecule has 2 aromatic heterocycles. The summed E-state index contributed by atoms with van der Waals surface area (Å²) >= 11 is 6.01. The zero-order valence-electron chi connectivity index (χ0n) is 12.8. The van der Waals surface area contributed by atoms with Crippen LogP contribution in [-0.4, -0.2) is 28.1 Å². The summed E-state index contributed by atoms with van der Waals surface area (Å²) in [5.74, 6) is 0.840. The Morgan fingerprint density at radius 3 is 2.91 bits per heavy atom. The van der Waals surface area contributed by atoms with Crippen LogP contribution < -0.4 is 10.3 Å². The normalized spacial score (nSPS) is 11.1. The van der Waals surface area contributed by atoms with Gasteiger partial charge in [-0.05, 0) is 24.3 Å². The minimum absolute atomic E-state index is 0.0141. The molecule has 0 aliphatic heterocycles. The first-order valence-electron chi connectivity index (χ1n) is 7.07. The van der Waals surface area contributed by atoms with Crippen LogP contribution in [0.1, 0.15) is 0 Å². The van der Waals surface area contributed by atoms with Crippen molar-refractivity contribution in [2.75, 3.05) is 13.7 Å². The summed E-state index contributed by atoms with van der Waals surface area (Å²) in [5, 5.41) is 4.96. The molecule has 0 N–H and O–H groups in total. The molecule has 1 aromatic carbocycles. The Kier molecular flexibility index (Phi) is 4.36. The highest BCUT2D eigenvalue weighted by Gasteiger charge is 2.10. The van der Waals surface area contributed by atoms with Crippen molar-refractivity contribution in [3.8, 4) is 11.5 Å². The molecule has 0 saturated carbocycles. The molecule has 0 bridgehead atoms. The van der Waals surface area contributed by atoms with Crippen LogP contribution in [-0.2, 0) is 18.3 Å². The Labute approximate surface area is 137 Å². The first-order valence-corrected chi connectivity index (χ1v) is 7.45. The molecule has 0 saturated heterocycles. The lowest BCUT2D eigenvalue weighted by molar-refractivity contribution is 0.188. The van der Waals surface area contributed by atoms with Crippen LogP contribution in [0.15, 0.2) is 41.5 Å². The third-order valence-electron chi connectivity index (χ3n) is 3.55. The first kappa shape index (κ1) is 15.6. The molecule has 23 heavy (non-hydrogen) atoms. The second-order valence-electron chi connectivity index (χ2n) is 5.08. The van der Waals surface area contributed by atoms with Crippen molar-refractivity contribution < 1.29 is 9.47 Å². The zero-order valence-corrected chi connectivity index (χ0v) is 13.6. The molecule has 3 rings (SSSR count). The fourth-order valence-corrected chi connectivity index (χ4v) is 2.53. The average molecular weight is 334 g/mol. The number of benzene rings is 1. The number of methoxy groups -OCH3 is 1. The summed E-state index contributed by atoms with van der Waals surface area (Å²) in [7, 11) is 3.21. The molecule has 0 aliphatic rings. The van der Waals surface area contributed by atoms with Gasteiger partial charge in [-0.1, -0.05) is 11.6 Å². The fourth-order valence-electron chi connectivity index (χ4n) is 2.32. The van der Waals surface area contributed by atoms with Crippen LogP contribution in [0.3, 0.4) is 0 Å². The van der Waals surface area contributed by atoms with E-state index in [-0.39, 0.29) is 10.8 Å². The van der Waals surface area contributed by atoms with Gasteiger partial charge in [0.05, 0.1) is 12.8 Å². The van der Waals surface area contributed by atoms with Crippen LogP contribution >= 0.6 is 11.6 Å². The van der Waals surface area contributed by atoms with Crippen LogP contribution in [0.25, 0.3) is 10.9 Å². The lowest BCUT2D eigenvalue weighted by atomic mass is 10.2. The molecule has 6 nitrogen and oxygen atoms in total. The van der Waals surface area contributed by atoms with E-state index in [1.54, 1.807) is 7.11 Å². The molecule has 0 aliphatic carbocycles. The average Bonchev–Trinajstić information content (AvgIpc) is 2.96. The second kappa shape index (κ2) is 6.44. The smallest absolute Gasteiger partial charge is 0.289 e. The number of rotatable bonds is 5. The predicted octanol–water partition coefficient (Wildman–Crippen LogP) is 2.83. The highest BCUT2D eigenvalue weighted by atomic mass is 35.5. The van der Waals surface area contributed by atoms with E-state index in [1.807, 2.05) is 30.5 Å². The molecule has 0 spiro atoms. The molecule has 7 heteroatoms. The number of halogens is 1. The number of ether oxygens (including phenoxy) is 2. The first-order chi connectivity index (χ1) is 11.1. The summed E-state index contributed by atoms with van der Waals surface area (Å²) in [6.45, 7) is 1.43. The standard InChI is InChI=1S/C16H16ClN3O3/c1-19-16(21)15(17)14(10-18-19)23-12-3-4-13-11(9-12)5-6-20(13)7-8-22-2/h3-6,9-10H,7-8H2,1-2H3. The van der Waals surface area contributed by atoms with Gasteiger partial charge in [0.15, 0.2) is 10.8 Å². The Morgan fingerprint density at radius 1 is 1.30 bits per heavy atom. The van der Waals surface area contributed by atoms with Gasteiger partial charge in [-0.2, -0.15) is 5.10 Å². The molecule has 0 atom stereocenters. The summed E-state index contributed by atoms with van der Waals surface area (Å²) < 4.78 is 14.1. The molecule has 120 valence electrons. The van der Waals surface area contributed by atoms with Crippen molar-refractivity contribution in [1.82, 2.24) is 14.3 Å². The number of hydrogen-bond donors (Lipinski definition) is 0. The second-order valence-corrected chi connectivity index (χ2v) is 5.45. The van der Waals surface area contributed by atoms with Gasteiger partial charge in [-0.25, -0.2) is 4.68 Å². The molecular formula is C16H16ClN3O3. The highest BCUT2D eigenvalue weighted by molar-refractivity contribution is 6.31. The van der Waals surface area contributed by atoms with E-state index in [2.05, 4.69) is 9.67 Å². The summed E-state index contributed by atoms with van der Waals surface area (Å²) in [4.78, 5) is 11.8. The van der Waals surface area contributed by atoms with Gasteiger partial charge < -0.3 is 14.0 Å². The van der Waals surface area contributed by atoms with Crippen LogP contribution in [0.2, 0.25) is 5.02 Å². The van der Waals surface area contributed by atoms with Crippen molar-refractivity contribution in [2.24, 2.45) is 7.05 Å². The van der Waals surface area contributed by atoms with Crippen molar-refractivity contribution in [1.29, 1.82) is 0 Å². The molecule has 0 radical (unpaired) electrons. The maximum atomic E-state index is 11.8. The Morgan fingerprint density at radius 2 is 2.13 bits per heavy atom. The van der Waals surface area contributed by atoms with Gasteiger partial charge >= 0.3 is 0 Å². The van der Waals surface area contributed by atoms with E-state index >= 15 is 0 Å². The van der Waals surface area contributed by atoms with Gasteiger partial charge in [-0.15, -0.1) is 0 Å². The molecule has 0 amide bonds. The van der Waals surface area contributed by atoms with Gasteiger partial charge in [0.25, 0.3) is 5.56 Å². The highest BCUT2D eigenvalue weighted by Crippen LogP contribution is 2.28. The fraction of sp³-hybridized carbons (Fsp3) is 0.250. The molecule has 3 aromatic rings. The van der Waals surface area contributed by atoms with Crippen LogP contribution in [0, 0.1) is 0 Å². The lowest BCUT2D eigenvalue weighted by Crippen LogP contribution is -2.19. The number of aryl methyl sites for hydroxylation is 1. The van der Waals surface area contributed by atoms with Gasteiger partial charge in [0, 0.05) is 37.8 Å². The number of fused-ring (bicyclic) bond motifs is 1. The van der Waals surface area contributed by atoms with E-state index in [0.29, 0.717) is 12.4 Å². The van der Waals surface area contributed by atoms with Gasteiger partial charge in [0.1, 0.15) is 5.75 Å². The Bertz CT molecular complexity index is 901. The number of aromatic nitrogens is 3. The van der Waals surface area contributed by atoms with E-state index < -0.39 is 5.56 Å². The van der Waals surface area contributed by atoms with Crippen molar-refractivity contribution in [3.05, 3.63) is 52.0 Å². The quantitative estimate of drug-likeness (QED) is 0.720. The third kappa shape index (κ3) is 3.09. The maximum Gasteiger partial charge on any atom is 0.289 e. The van der Waals surface area contributed by atoms with Crippen LogP contribution in [0.5, 0.6) is 11.5 Å². The summed E-state index contributed by atoms with van der Waals surface area (Å²) in [6, 6.07) is 7.69. The predicted molar refractivity (Wildman–Crippen MR) is 88.4 cm³/mol. The Balaban J connectivity index is 1.90. The van der Waals surface area contributed by atoms with Crippen LogP contribution in [0.4, 0.5) is 0 Å². The van der Waals surface area contributed by atoms with E-state index in [9.17, 15) is 4.79 Å². The molecule has 2 heterocycles. The van der Waals surface area contributed by atoms with Crippen molar-refractivity contribution >= 4 is 22.5 Å². The lowest BCUT2D eigenvalue weighted by Gasteiger charge is -2.09. The van der Waals surface area contributed by atoms with Gasteiger partial charge in [0.2, 0.25) is 0 Å². The minimum Gasteiger partial charge on any atom is -0.454 e. The minimum atomic E-state index is -0.393. The van der Waals surface area contributed by atoms with Crippen molar-refractivity contribution in [2.45, 2.75) is 6.54 Å². The topological polar surface area (TPSA) is 58.3 Å². The van der Waals surface area contributed by atoms with Gasteiger partial charge in [-0.3, -0.25) is 4.79 Å². The maximum absolute atomic E-state index is 11.8. The molecule has 0 unspecified atom stereocenters. The van der Waals surface area contributed by atoms with E-state index in [4.69, 9.17) is 21.1 Å². The zero-order chi connectivity index (χ0) is 16.4. The Hall–Kier alpha value is -2.31. The summed E-state index contributed by atoms with van der Waals surface area (Å²) in [5.41, 5.74) is 0.693. The van der Waals surface area contributed by atoms with E-state index in [1.165, 1.54) is 13.2 Å². The van der Waals surface area contributed by atoms with Crippen molar-refractivity contribution in [3.63, 3.8) is 0 Å². The number of hydrogen-bond acceptors (Lipinski definition) is 4. The molecular weight excluding hydrogens is 318 g/mol. The molecule has 0 fully saturated rings.